The van der Waals surface area contributed by atoms with Gasteiger partial charge in [-0.1, -0.05) is 29.8 Å². The molecule has 1 fully saturated rings. The molecule has 8 heteroatoms. The molecule has 3 aromatic carbocycles. The van der Waals surface area contributed by atoms with E-state index >= 15 is 0 Å². The molecule has 2 amide bonds. The summed E-state index contributed by atoms with van der Waals surface area (Å²) in [5, 5.41) is 21.9. The van der Waals surface area contributed by atoms with Gasteiger partial charge in [0.2, 0.25) is 5.91 Å². The quantitative estimate of drug-likeness (QED) is 0.416. The van der Waals surface area contributed by atoms with Gasteiger partial charge in [-0.25, -0.2) is 0 Å². The number of fused-ring (bicyclic) bond motifs is 1. The fourth-order valence-corrected chi connectivity index (χ4v) is 4.46. The number of aromatic nitrogens is 2. The first kappa shape index (κ1) is 22.6. The summed E-state index contributed by atoms with van der Waals surface area (Å²) in [4.78, 5) is 28.7. The molecule has 178 valence electrons. The first-order valence-electron chi connectivity index (χ1n) is 11.6. The number of aromatic amines is 1. The van der Waals surface area contributed by atoms with Gasteiger partial charge in [0.05, 0.1) is 23.3 Å². The number of phenols is 1. The van der Waals surface area contributed by atoms with Crippen molar-refractivity contribution in [3.8, 4) is 5.75 Å². The largest absolute Gasteiger partial charge is 0.507 e. The van der Waals surface area contributed by atoms with E-state index in [1.165, 1.54) is 10.5 Å². The van der Waals surface area contributed by atoms with Crippen LogP contribution in [0.4, 0.5) is 11.4 Å². The molecule has 0 radical (unpaired) electrons. The van der Waals surface area contributed by atoms with E-state index in [4.69, 9.17) is 0 Å². The number of H-pyrrole nitrogens is 1. The number of phenolic OH excluding ortho intramolecular Hbond substituents is 1. The number of nitrogens with zero attached hydrogens (tertiary/aromatic N) is 3. The van der Waals surface area contributed by atoms with E-state index in [-0.39, 0.29) is 23.1 Å². The Kier molecular flexibility index (Phi) is 5.96. The van der Waals surface area contributed by atoms with Gasteiger partial charge in [-0.2, -0.15) is 5.10 Å². The maximum atomic E-state index is 13.3. The van der Waals surface area contributed by atoms with Gasteiger partial charge in [-0.15, -0.1) is 0 Å². The molecule has 1 aliphatic heterocycles. The molecule has 0 spiro atoms. The molecular weight excluding hydrogens is 442 g/mol. The topological polar surface area (TPSA) is 102 Å². The van der Waals surface area contributed by atoms with Gasteiger partial charge in [0.25, 0.3) is 5.91 Å². The smallest absolute Gasteiger partial charge is 0.261 e. The van der Waals surface area contributed by atoms with Gasteiger partial charge in [-0.05, 0) is 42.8 Å². The number of amides is 2. The molecule has 0 atom stereocenters. The lowest BCUT2D eigenvalue weighted by Crippen LogP contribution is -2.48. The number of piperazine rings is 1. The summed E-state index contributed by atoms with van der Waals surface area (Å²) in [5.74, 6) is -0.422. The third-order valence-corrected chi connectivity index (χ3v) is 6.39. The third-order valence-electron chi connectivity index (χ3n) is 6.39. The number of aryl methyl sites for hydroxylation is 1. The maximum Gasteiger partial charge on any atom is 0.261 e. The Morgan fingerprint density at radius 2 is 1.94 bits per heavy atom. The van der Waals surface area contributed by atoms with Crippen molar-refractivity contribution in [3.05, 3.63) is 83.0 Å². The van der Waals surface area contributed by atoms with Crippen LogP contribution in [0.3, 0.4) is 0 Å². The monoisotopic (exact) mass is 469 g/mol. The highest BCUT2D eigenvalue weighted by molar-refractivity contribution is 6.10. The number of carbonyl (C=O) groups is 2. The van der Waals surface area contributed by atoms with Crippen molar-refractivity contribution < 1.29 is 14.7 Å². The van der Waals surface area contributed by atoms with E-state index in [1.807, 2.05) is 37.3 Å². The molecule has 4 aromatic rings. The van der Waals surface area contributed by atoms with Crippen molar-refractivity contribution >= 4 is 34.1 Å². The zero-order valence-electron chi connectivity index (χ0n) is 19.7. The molecule has 0 bridgehead atoms. The van der Waals surface area contributed by atoms with Crippen LogP contribution in [0.25, 0.3) is 10.9 Å². The van der Waals surface area contributed by atoms with Crippen LogP contribution in [0.1, 0.15) is 27.2 Å². The summed E-state index contributed by atoms with van der Waals surface area (Å²) in [6, 6.07) is 18.7. The van der Waals surface area contributed by atoms with E-state index in [1.54, 1.807) is 36.2 Å². The Labute approximate surface area is 203 Å². The molecule has 3 N–H and O–H groups in total. The van der Waals surface area contributed by atoms with E-state index in [2.05, 4.69) is 21.6 Å². The molecular formula is C27H27N5O3. The lowest BCUT2D eigenvalue weighted by atomic mass is 10.0. The van der Waals surface area contributed by atoms with Gasteiger partial charge in [-0.3, -0.25) is 14.7 Å². The van der Waals surface area contributed by atoms with Crippen molar-refractivity contribution in [2.24, 2.45) is 0 Å². The minimum atomic E-state index is -0.335. The SMILES string of the molecule is Cc1cccc(Cc2n[nH]c3cc(O)c(C(=O)N(C)c4ccc(N5CCNCC5=O)cc4)cc23)c1. The van der Waals surface area contributed by atoms with Crippen molar-refractivity contribution in [3.63, 3.8) is 0 Å². The molecule has 35 heavy (non-hydrogen) atoms. The van der Waals surface area contributed by atoms with Gasteiger partial charge in [0.15, 0.2) is 0 Å². The Balaban J connectivity index is 1.40. The van der Waals surface area contributed by atoms with Crippen molar-refractivity contribution in [2.45, 2.75) is 13.3 Å². The van der Waals surface area contributed by atoms with Gasteiger partial charge in [0, 0.05) is 49.4 Å². The molecule has 1 aliphatic rings. The van der Waals surface area contributed by atoms with Crippen LogP contribution in [0.5, 0.6) is 5.75 Å². The average Bonchev–Trinajstić information content (AvgIpc) is 3.24. The van der Waals surface area contributed by atoms with E-state index in [9.17, 15) is 14.7 Å². The van der Waals surface area contributed by atoms with Crippen molar-refractivity contribution in [1.29, 1.82) is 0 Å². The Morgan fingerprint density at radius 3 is 2.69 bits per heavy atom. The summed E-state index contributed by atoms with van der Waals surface area (Å²) in [5.41, 5.74) is 5.44. The molecule has 0 aliphatic carbocycles. The van der Waals surface area contributed by atoms with Crippen LogP contribution in [0, 0.1) is 6.92 Å². The number of hydrogen-bond acceptors (Lipinski definition) is 5. The Hall–Kier alpha value is -4.17. The Morgan fingerprint density at radius 1 is 1.14 bits per heavy atom. The van der Waals surface area contributed by atoms with Crippen LogP contribution in [-0.4, -0.2) is 53.8 Å². The van der Waals surface area contributed by atoms with Crippen LogP contribution in [-0.2, 0) is 11.2 Å². The van der Waals surface area contributed by atoms with Crippen LogP contribution in [0.2, 0.25) is 0 Å². The van der Waals surface area contributed by atoms with E-state index < -0.39 is 0 Å². The molecule has 1 aromatic heterocycles. The number of nitrogens with one attached hydrogen (secondary N) is 2. The summed E-state index contributed by atoms with van der Waals surface area (Å²) in [6.45, 7) is 3.72. The molecule has 0 saturated carbocycles. The third kappa shape index (κ3) is 4.48. The Bertz CT molecular complexity index is 1410. The molecule has 1 saturated heterocycles. The zero-order chi connectivity index (χ0) is 24.5. The van der Waals surface area contributed by atoms with Gasteiger partial charge < -0.3 is 20.2 Å². The fraction of sp³-hybridized carbons (Fsp3) is 0.222. The maximum absolute atomic E-state index is 13.3. The lowest BCUT2D eigenvalue weighted by molar-refractivity contribution is -0.118. The second kappa shape index (κ2) is 9.23. The summed E-state index contributed by atoms with van der Waals surface area (Å²) in [6.07, 6.45) is 0.613. The molecule has 5 rings (SSSR count). The average molecular weight is 470 g/mol. The molecule has 8 nitrogen and oxygen atoms in total. The van der Waals surface area contributed by atoms with Gasteiger partial charge >= 0.3 is 0 Å². The van der Waals surface area contributed by atoms with Crippen molar-refractivity contribution in [1.82, 2.24) is 15.5 Å². The van der Waals surface area contributed by atoms with Crippen LogP contribution >= 0.6 is 0 Å². The summed E-state index contributed by atoms with van der Waals surface area (Å²) < 4.78 is 0. The highest BCUT2D eigenvalue weighted by atomic mass is 16.3. The standard InChI is InChI=1S/C27H27N5O3/c1-17-4-3-5-18(12-17)13-23-21-14-22(25(33)15-24(21)30-29-23)27(35)31(2)19-6-8-20(9-7-19)32-11-10-28-16-26(32)34/h3-9,12,14-15,28,33H,10-11,13,16H2,1-2H3,(H,29,30). The lowest BCUT2D eigenvalue weighted by Gasteiger charge is -2.28. The second-order valence-electron chi connectivity index (χ2n) is 8.85. The minimum Gasteiger partial charge on any atom is -0.507 e. The molecule has 2 heterocycles. The summed E-state index contributed by atoms with van der Waals surface area (Å²) >= 11 is 0. The summed E-state index contributed by atoms with van der Waals surface area (Å²) in [7, 11) is 1.67. The molecule has 0 unspecified atom stereocenters. The zero-order valence-corrected chi connectivity index (χ0v) is 19.7. The number of anilines is 2. The van der Waals surface area contributed by atoms with Crippen LogP contribution in [0.15, 0.2) is 60.7 Å². The van der Waals surface area contributed by atoms with Crippen LogP contribution < -0.4 is 15.1 Å². The van der Waals surface area contributed by atoms with Crippen molar-refractivity contribution in [2.75, 3.05) is 36.5 Å². The predicted molar refractivity (Wildman–Crippen MR) is 136 cm³/mol. The number of benzene rings is 3. The number of aromatic hydroxyl groups is 1. The van der Waals surface area contributed by atoms with E-state index in [0.29, 0.717) is 30.7 Å². The fourth-order valence-electron chi connectivity index (χ4n) is 4.46. The predicted octanol–water partition coefficient (Wildman–Crippen LogP) is 3.38. The number of rotatable bonds is 5. The highest BCUT2D eigenvalue weighted by Crippen LogP contribution is 2.30. The first-order valence-corrected chi connectivity index (χ1v) is 11.6. The van der Waals surface area contributed by atoms with Gasteiger partial charge in [0.1, 0.15) is 5.75 Å². The second-order valence-corrected chi connectivity index (χ2v) is 8.85. The minimum absolute atomic E-state index is 0.0215. The first-order chi connectivity index (χ1) is 16.9. The highest BCUT2D eigenvalue weighted by Gasteiger charge is 2.22. The van der Waals surface area contributed by atoms with E-state index in [0.717, 1.165) is 28.9 Å². The number of hydrogen-bond donors (Lipinski definition) is 3. The normalized spacial score (nSPS) is 13.9. The number of carbonyl (C=O) groups excluding carboxylic acids is 2.